The van der Waals surface area contributed by atoms with Crippen LogP contribution >= 0.6 is 0 Å². The van der Waals surface area contributed by atoms with Crippen LogP contribution in [0.4, 0.5) is 14.9 Å². The number of nitrogens with one attached hydrogen (secondary N) is 1. The molecule has 0 spiro atoms. The minimum atomic E-state index is -0.228. The Hall–Kier alpha value is -3.42. The number of anilines is 1. The van der Waals surface area contributed by atoms with Crippen molar-refractivity contribution in [1.29, 1.82) is 0 Å². The Balaban J connectivity index is 1.32. The van der Waals surface area contributed by atoms with Crippen molar-refractivity contribution >= 4 is 11.7 Å². The van der Waals surface area contributed by atoms with Crippen LogP contribution in [-0.2, 0) is 0 Å². The summed E-state index contributed by atoms with van der Waals surface area (Å²) in [6.07, 6.45) is 3.13. The fourth-order valence-corrected chi connectivity index (χ4v) is 3.48. The van der Waals surface area contributed by atoms with E-state index >= 15 is 0 Å². The van der Waals surface area contributed by atoms with E-state index in [2.05, 4.69) is 15.4 Å². The third-order valence-electron chi connectivity index (χ3n) is 5.18. The number of rotatable bonds is 4. The molecular formula is C21H23FN6O. The largest absolute Gasteiger partial charge is 0.366 e. The van der Waals surface area contributed by atoms with E-state index in [-0.39, 0.29) is 17.9 Å². The van der Waals surface area contributed by atoms with Crippen molar-refractivity contribution in [2.24, 2.45) is 0 Å². The Kier molecular flexibility index (Phi) is 5.41. The molecule has 1 aromatic heterocycles. The zero-order valence-electron chi connectivity index (χ0n) is 16.2. The molecule has 8 heteroatoms. The standard InChI is InChI=1S/C21H23FN6O/c1-16(17-6-8-18(9-7-17)28-15-23-14-24-28)25-21(29)27-12-10-26(11-13-27)20-5-3-2-4-19(20)22/h2-9,14-16H,10-13H2,1H3,(H,25,29). The first-order valence-electron chi connectivity index (χ1n) is 9.62. The minimum Gasteiger partial charge on any atom is -0.366 e. The number of aromatic nitrogens is 3. The number of nitrogens with zero attached hydrogens (tertiary/aromatic N) is 5. The zero-order chi connectivity index (χ0) is 20.2. The maximum Gasteiger partial charge on any atom is 0.317 e. The summed E-state index contributed by atoms with van der Waals surface area (Å²) in [5.41, 5.74) is 2.51. The number of benzene rings is 2. The summed E-state index contributed by atoms with van der Waals surface area (Å²) in [6, 6.07) is 14.3. The van der Waals surface area contributed by atoms with E-state index < -0.39 is 0 Å². The lowest BCUT2D eigenvalue weighted by molar-refractivity contribution is 0.191. The summed E-state index contributed by atoms with van der Waals surface area (Å²) < 4.78 is 15.6. The van der Waals surface area contributed by atoms with Crippen LogP contribution in [0, 0.1) is 5.82 Å². The van der Waals surface area contributed by atoms with E-state index in [1.165, 1.54) is 12.4 Å². The van der Waals surface area contributed by atoms with Crippen molar-refractivity contribution in [1.82, 2.24) is 25.0 Å². The van der Waals surface area contributed by atoms with E-state index in [9.17, 15) is 9.18 Å². The number of para-hydroxylation sites is 1. The van der Waals surface area contributed by atoms with Gasteiger partial charge in [-0.1, -0.05) is 24.3 Å². The summed E-state index contributed by atoms with van der Waals surface area (Å²) in [5, 5.41) is 7.15. The molecule has 1 aliphatic rings. The predicted molar refractivity (Wildman–Crippen MR) is 108 cm³/mol. The Morgan fingerprint density at radius 2 is 1.79 bits per heavy atom. The Morgan fingerprint density at radius 3 is 2.45 bits per heavy atom. The van der Waals surface area contributed by atoms with Crippen molar-refractivity contribution in [3.63, 3.8) is 0 Å². The first-order valence-corrected chi connectivity index (χ1v) is 9.62. The zero-order valence-corrected chi connectivity index (χ0v) is 16.2. The fourth-order valence-electron chi connectivity index (χ4n) is 3.48. The number of hydrogen-bond donors (Lipinski definition) is 1. The number of urea groups is 1. The first-order chi connectivity index (χ1) is 14.1. The molecule has 29 heavy (non-hydrogen) atoms. The molecule has 1 N–H and O–H groups in total. The number of piperazine rings is 1. The van der Waals surface area contributed by atoms with Gasteiger partial charge in [0.15, 0.2) is 0 Å². The van der Waals surface area contributed by atoms with E-state index in [4.69, 9.17) is 0 Å². The summed E-state index contributed by atoms with van der Waals surface area (Å²) in [5.74, 6) is -0.228. The Morgan fingerprint density at radius 1 is 1.07 bits per heavy atom. The average molecular weight is 394 g/mol. The quantitative estimate of drug-likeness (QED) is 0.739. The summed E-state index contributed by atoms with van der Waals surface area (Å²) in [6.45, 7) is 4.28. The molecule has 2 aromatic carbocycles. The predicted octanol–water partition coefficient (Wildman–Crippen LogP) is 3.00. The van der Waals surface area contributed by atoms with Crippen LogP contribution in [0.15, 0.2) is 61.2 Å². The van der Waals surface area contributed by atoms with Crippen molar-refractivity contribution in [3.8, 4) is 5.69 Å². The highest BCUT2D eigenvalue weighted by Crippen LogP contribution is 2.21. The molecule has 1 aliphatic heterocycles. The average Bonchev–Trinajstić information content (AvgIpc) is 3.29. The third-order valence-corrected chi connectivity index (χ3v) is 5.18. The van der Waals surface area contributed by atoms with Gasteiger partial charge in [-0.3, -0.25) is 0 Å². The van der Waals surface area contributed by atoms with Crippen molar-refractivity contribution in [2.75, 3.05) is 31.1 Å². The molecule has 4 rings (SSSR count). The van der Waals surface area contributed by atoms with Crippen LogP contribution in [0.3, 0.4) is 0 Å². The SMILES string of the molecule is CC(NC(=O)N1CCN(c2ccccc2F)CC1)c1ccc(-n2cncn2)cc1. The van der Waals surface area contributed by atoms with E-state index in [0.717, 1.165) is 11.3 Å². The highest BCUT2D eigenvalue weighted by Gasteiger charge is 2.23. The molecule has 1 saturated heterocycles. The molecular weight excluding hydrogens is 371 g/mol. The van der Waals surface area contributed by atoms with Crippen LogP contribution in [-0.4, -0.2) is 51.9 Å². The maximum atomic E-state index is 14.0. The highest BCUT2D eigenvalue weighted by molar-refractivity contribution is 5.75. The number of amides is 2. The van der Waals surface area contributed by atoms with Gasteiger partial charge in [0.1, 0.15) is 18.5 Å². The van der Waals surface area contributed by atoms with Gasteiger partial charge in [-0.25, -0.2) is 18.9 Å². The Labute approximate surface area is 168 Å². The van der Waals surface area contributed by atoms with Crippen molar-refractivity contribution in [3.05, 3.63) is 72.6 Å². The van der Waals surface area contributed by atoms with Crippen LogP contribution < -0.4 is 10.2 Å². The number of carbonyl (C=O) groups is 1. The van der Waals surface area contributed by atoms with Crippen LogP contribution in [0.5, 0.6) is 0 Å². The first kappa shape index (κ1) is 18.9. The molecule has 0 saturated carbocycles. The second kappa shape index (κ2) is 8.30. The van der Waals surface area contributed by atoms with Gasteiger partial charge >= 0.3 is 6.03 Å². The Bertz CT molecular complexity index is 952. The molecule has 7 nitrogen and oxygen atoms in total. The fraction of sp³-hybridized carbons (Fsp3) is 0.286. The van der Waals surface area contributed by atoms with Gasteiger partial charge in [-0.2, -0.15) is 5.10 Å². The summed E-state index contributed by atoms with van der Waals surface area (Å²) >= 11 is 0. The number of carbonyl (C=O) groups excluding carboxylic acids is 1. The lowest BCUT2D eigenvalue weighted by Gasteiger charge is -2.36. The number of hydrogen-bond acceptors (Lipinski definition) is 4. The molecule has 150 valence electrons. The van der Waals surface area contributed by atoms with Crippen molar-refractivity contribution < 1.29 is 9.18 Å². The van der Waals surface area contributed by atoms with Gasteiger partial charge in [0.25, 0.3) is 0 Å². The van der Waals surface area contributed by atoms with Gasteiger partial charge in [0.2, 0.25) is 0 Å². The molecule has 2 heterocycles. The second-order valence-electron chi connectivity index (χ2n) is 7.03. The van der Waals surface area contributed by atoms with Crippen molar-refractivity contribution in [2.45, 2.75) is 13.0 Å². The van der Waals surface area contributed by atoms with Gasteiger partial charge < -0.3 is 15.1 Å². The monoisotopic (exact) mass is 394 g/mol. The minimum absolute atomic E-state index is 0.106. The van der Waals surface area contributed by atoms with Gasteiger partial charge in [0, 0.05) is 26.2 Å². The van der Waals surface area contributed by atoms with Gasteiger partial charge in [0.05, 0.1) is 17.4 Å². The molecule has 0 aliphatic carbocycles. The molecule has 3 aromatic rings. The van der Waals surface area contributed by atoms with Crippen LogP contribution in [0.2, 0.25) is 0 Å². The van der Waals surface area contributed by atoms with E-state index in [0.29, 0.717) is 31.9 Å². The molecule has 2 amide bonds. The normalized spacial score (nSPS) is 15.2. The molecule has 1 fully saturated rings. The van der Waals surface area contributed by atoms with Gasteiger partial charge in [-0.05, 0) is 36.8 Å². The highest BCUT2D eigenvalue weighted by atomic mass is 19.1. The molecule has 1 unspecified atom stereocenters. The van der Waals surface area contributed by atoms with Crippen LogP contribution in [0.1, 0.15) is 18.5 Å². The lowest BCUT2D eigenvalue weighted by atomic mass is 10.1. The van der Waals surface area contributed by atoms with Crippen LogP contribution in [0.25, 0.3) is 5.69 Å². The topological polar surface area (TPSA) is 66.3 Å². The van der Waals surface area contributed by atoms with Gasteiger partial charge in [-0.15, -0.1) is 0 Å². The number of halogens is 1. The maximum absolute atomic E-state index is 14.0. The molecule has 1 atom stereocenters. The smallest absolute Gasteiger partial charge is 0.317 e. The van der Waals surface area contributed by atoms with E-state index in [1.54, 1.807) is 28.0 Å². The molecule has 0 bridgehead atoms. The second-order valence-corrected chi connectivity index (χ2v) is 7.03. The lowest BCUT2D eigenvalue weighted by Crippen LogP contribution is -2.52. The third kappa shape index (κ3) is 4.21. The summed E-state index contributed by atoms with van der Waals surface area (Å²) in [7, 11) is 0. The summed E-state index contributed by atoms with van der Waals surface area (Å²) in [4.78, 5) is 20.3. The molecule has 0 radical (unpaired) electrons. The van der Waals surface area contributed by atoms with E-state index in [1.807, 2.05) is 42.2 Å².